The summed E-state index contributed by atoms with van der Waals surface area (Å²) in [6.45, 7) is 5.24. The fraction of sp³-hybridized carbons (Fsp3) is 0.444. The van der Waals surface area contributed by atoms with E-state index < -0.39 is 11.8 Å². The molecule has 7 nitrogen and oxygen atoms in total. The number of hydrogen-bond donors (Lipinski definition) is 2. The van der Waals surface area contributed by atoms with Crippen molar-refractivity contribution in [2.75, 3.05) is 18.4 Å². The van der Waals surface area contributed by atoms with E-state index in [0.717, 1.165) is 37.9 Å². The molecule has 0 unspecified atom stereocenters. The van der Waals surface area contributed by atoms with Crippen molar-refractivity contribution in [3.63, 3.8) is 0 Å². The molecular formula is C18H24N4O3. The van der Waals surface area contributed by atoms with Crippen LogP contribution in [-0.2, 0) is 20.8 Å². The van der Waals surface area contributed by atoms with Gasteiger partial charge in [-0.1, -0.05) is 19.1 Å². The summed E-state index contributed by atoms with van der Waals surface area (Å²) in [4.78, 5) is 37.4. The molecule has 1 aromatic carbocycles. The summed E-state index contributed by atoms with van der Waals surface area (Å²) in [5.74, 6) is -1.67. The number of aryl methyl sites for hydroxylation is 1. The summed E-state index contributed by atoms with van der Waals surface area (Å²) in [5.41, 5.74) is 4.34. The Morgan fingerprint density at radius 1 is 1.08 bits per heavy atom. The van der Waals surface area contributed by atoms with Gasteiger partial charge in [0.05, 0.1) is 6.42 Å². The van der Waals surface area contributed by atoms with Crippen molar-refractivity contribution in [2.24, 2.45) is 5.10 Å². The molecule has 25 heavy (non-hydrogen) atoms. The molecule has 0 spiro atoms. The molecule has 1 fully saturated rings. The van der Waals surface area contributed by atoms with Crippen LogP contribution in [0.5, 0.6) is 0 Å². The number of hydrazone groups is 1. The first-order chi connectivity index (χ1) is 12.0. The van der Waals surface area contributed by atoms with E-state index in [0.29, 0.717) is 11.4 Å². The molecule has 1 saturated heterocycles. The molecule has 3 amide bonds. The Morgan fingerprint density at radius 3 is 2.32 bits per heavy atom. The number of amides is 3. The van der Waals surface area contributed by atoms with Crippen molar-refractivity contribution in [3.8, 4) is 0 Å². The first kappa shape index (κ1) is 18.6. The van der Waals surface area contributed by atoms with Gasteiger partial charge in [0.2, 0.25) is 5.91 Å². The molecule has 0 aliphatic carbocycles. The van der Waals surface area contributed by atoms with Gasteiger partial charge in [-0.15, -0.1) is 0 Å². The van der Waals surface area contributed by atoms with Crippen LogP contribution in [0.15, 0.2) is 29.4 Å². The molecule has 134 valence electrons. The minimum absolute atomic E-state index is 0.00605. The molecule has 1 aromatic rings. The highest BCUT2D eigenvalue weighted by Crippen LogP contribution is 2.10. The summed E-state index contributed by atoms with van der Waals surface area (Å²) < 4.78 is 0. The molecule has 2 rings (SSSR count). The summed E-state index contributed by atoms with van der Waals surface area (Å²) in [6.07, 6.45) is 3.09. The van der Waals surface area contributed by atoms with Gasteiger partial charge in [-0.25, -0.2) is 5.43 Å². The molecule has 1 aliphatic rings. The largest absolute Gasteiger partial charge is 0.342 e. The van der Waals surface area contributed by atoms with Crippen molar-refractivity contribution in [1.29, 1.82) is 0 Å². The molecule has 2 N–H and O–H groups in total. The third-order valence-corrected chi connectivity index (χ3v) is 4.04. The number of nitrogens with one attached hydrogen (secondary N) is 2. The lowest BCUT2D eigenvalue weighted by Gasteiger charge is -2.14. The van der Waals surface area contributed by atoms with E-state index >= 15 is 0 Å². The number of hydrogen-bond acceptors (Lipinski definition) is 4. The van der Waals surface area contributed by atoms with E-state index in [1.807, 2.05) is 19.1 Å². The fourth-order valence-corrected chi connectivity index (χ4v) is 2.55. The second-order valence-electron chi connectivity index (χ2n) is 6.06. The molecule has 0 radical (unpaired) electrons. The van der Waals surface area contributed by atoms with Crippen LogP contribution in [-0.4, -0.2) is 41.4 Å². The van der Waals surface area contributed by atoms with Gasteiger partial charge in [0, 0.05) is 24.5 Å². The standard InChI is InChI=1S/C18H24N4O3/c1-3-14-6-8-15(9-7-14)19-17(24)18(25)21-20-13(2)12-16(23)22-10-4-5-11-22/h6-9H,3-5,10-12H2,1-2H3,(H,19,24)(H,21,25)/b20-13-. The first-order valence-electron chi connectivity index (χ1n) is 8.50. The Hall–Kier alpha value is -2.70. The van der Waals surface area contributed by atoms with Gasteiger partial charge < -0.3 is 10.2 Å². The van der Waals surface area contributed by atoms with Crippen molar-refractivity contribution >= 4 is 29.1 Å². The minimum atomic E-state index is -0.868. The van der Waals surface area contributed by atoms with Crippen molar-refractivity contribution < 1.29 is 14.4 Å². The van der Waals surface area contributed by atoms with E-state index in [9.17, 15) is 14.4 Å². The Balaban J connectivity index is 1.80. The smallest absolute Gasteiger partial charge is 0.329 e. The Labute approximate surface area is 147 Å². The first-order valence-corrected chi connectivity index (χ1v) is 8.50. The SMILES string of the molecule is CCc1ccc(NC(=O)C(=O)N/N=C(/C)CC(=O)N2CCCC2)cc1. The zero-order chi connectivity index (χ0) is 18.2. The van der Waals surface area contributed by atoms with Gasteiger partial charge >= 0.3 is 11.8 Å². The van der Waals surface area contributed by atoms with Crippen LogP contribution in [0.25, 0.3) is 0 Å². The topological polar surface area (TPSA) is 90.9 Å². The molecule has 0 aromatic heterocycles. The number of rotatable bonds is 5. The van der Waals surface area contributed by atoms with Crippen LogP contribution >= 0.6 is 0 Å². The maximum Gasteiger partial charge on any atom is 0.329 e. The second kappa shape index (κ2) is 8.96. The third kappa shape index (κ3) is 5.70. The van der Waals surface area contributed by atoms with Gasteiger partial charge in [0.25, 0.3) is 0 Å². The van der Waals surface area contributed by atoms with Gasteiger partial charge in [-0.05, 0) is 43.9 Å². The zero-order valence-electron chi connectivity index (χ0n) is 14.7. The number of carbonyl (C=O) groups is 3. The number of nitrogens with zero attached hydrogens (tertiary/aromatic N) is 2. The molecule has 1 aliphatic heterocycles. The molecular weight excluding hydrogens is 320 g/mol. The average molecular weight is 344 g/mol. The zero-order valence-corrected chi connectivity index (χ0v) is 14.7. The normalized spacial score (nSPS) is 14.3. The Morgan fingerprint density at radius 2 is 1.72 bits per heavy atom. The summed E-state index contributed by atoms with van der Waals surface area (Å²) in [6, 6.07) is 7.26. The molecule has 7 heteroatoms. The van der Waals surface area contributed by atoms with Crippen molar-refractivity contribution in [1.82, 2.24) is 10.3 Å². The van der Waals surface area contributed by atoms with E-state index in [-0.39, 0.29) is 12.3 Å². The second-order valence-corrected chi connectivity index (χ2v) is 6.06. The van der Waals surface area contributed by atoms with Gasteiger partial charge in [-0.2, -0.15) is 5.10 Å². The lowest BCUT2D eigenvalue weighted by Crippen LogP contribution is -2.33. The van der Waals surface area contributed by atoms with Crippen LogP contribution in [0.4, 0.5) is 5.69 Å². The number of anilines is 1. The highest BCUT2D eigenvalue weighted by molar-refractivity contribution is 6.39. The average Bonchev–Trinajstić information content (AvgIpc) is 3.15. The van der Waals surface area contributed by atoms with Crippen molar-refractivity contribution in [2.45, 2.75) is 39.5 Å². The molecule has 0 bridgehead atoms. The lowest BCUT2D eigenvalue weighted by atomic mass is 10.1. The van der Waals surface area contributed by atoms with Crippen molar-refractivity contribution in [3.05, 3.63) is 29.8 Å². The van der Waals surface area contributed by atoms with Gasteiger partial charge in [0.1, 0.15) is 0 Å². The van der Waals surface area contributed by atoms with E-state index in [2.05, 4.69) is 15.8 Å². The van der Waals surface area contributed by atoms with Crippen LogP contribution in [0.3, 0.4) is 0 Å². The van der Waals surface area contributed by atoms with E-state index in [4.69, 9.17) is 0 Å². The monoisotopic (exact) mass is 344 g/mol. The quantitative estimate of drug-likeness (QED) is 0.484. The Bertz CT molecular complexity index is 661. The summed E-state index contributed by atoms with van der Waals surface area (Å²) in [7, 11) is 0. The summed E-state index contributed by atoms with van der Waals surface area (Å²) in [5, 5.41) is 6.34. The molecule has 0 atom stereocenters. The highest BCUT2D eigenvalue weighted by atomic mass is 16.2. The number of carbonyl (C=O) groups excluding carboxylic acids is 3. The fourth-order valence-electron chi connectivity index (χ4n) is 2.55. The molecule has 0 saturated carbocycles. The maximum absolute atomic E-state index is 12.0. The minimum Gasteiger partial charge on any atom is -0.342 e. The lowest BCUT2D eigenvalue weighted by molar-refractivity contribution is -0.136. The molecule has 1 heterocycles. The number of likely N-dealkylation sites (tertiary alicyclic amines) is 1. The maximum atomic E-state index is 12.0. The van der Waals surface area contributed by atoms with E-state index in [1.54, 1.807) is 24.0 Å². The van der Waals surface area contributed by atoms with Crippen LogP contribution in [0.2, 0.25) is 0 Å². The van der Waals surface area contributed by atoms with Gasteiger partial charge in [-0.3, -0.25) is 14.4 Å². The van der Waals surface area contributed by atoms with Gasteiger partial charge in [0.15, 0.2) is 0 Å². The van der Waals surface area contributed by atoms with E-state index in [1.165, 1.54) is 0 Å². The summed E-state index contributed by atoms with van der Waals surface area (Å²) >= 11 is 0. The third-order valence-electron chi connectivity index (χ3n) is 4.04. The van der Waals surface area contributed by atoms with Crippen LogP contribution < -0.4 is 10.7 Å². The van der Waals surface area contributed by atoms with Crippen LogP contribution in [0, 0.1) is 0 Å². The highest BCUT2D eigenvalue weighted by Gasteiger charge is 2.18. The van der Waals surface area contributed by atoms with Crippen LogP contribution in [0.1, 0.15) is 38.7 Å². The predicted molar refractivity (Wildman–Crippen MR) is 96.1 cm³/mol. The predicted octanol–water partition coefficient (Wildman–Crippen LogP) is 1.69. The Kier molecular flexibility index (Phi) is 6.68. The number of benzene rings is 1.